The number of likely N-dealkylation sites (N-methyl/N-ethyl adjacent to an activating group) is 1. The highest BCUT2D eigenvalue weighted by Gasteiger charge is 2.20. The monoisotopic (exact) mass is 232 g/mol. The lowest BCUT2D eigenvalue weighted by Crippen LogP contribution is -2.46. The highest BCUT2D eigenvalue weighted by atomic mass is 16.4. The van der Waals surface area contributed by atoms with Crippen molar-refractivity contribution in [2.75, 3.05) is 26.7 Å². The van der Waals surface area contributed by atoms with Gasteiger partial charge in [0, 0.05) is 26.2 Å². The molecule has 16 heavy (non-hydrogen) atoms. The first-order valence-corrected chi connectivity index (χ1v) is 5.24. The molecule has 0 atom stereocenters. The van der Waals surface area contributed by atoms with Gasteiger partial charge in [0.05, 0.1) is 13.0 Å². The van der Waals surface area contributed by atoms with Crippen molar-refractivity contribution in [2.45, 2.75) is 26.3 Å². The predicted octanol–water partition coefficient (Wildman–Crippen LogP) is 0.216. The van der Waals surface area contributed by atoms with Crippen LogP contribution in [0.3, 0.4) is 0 Å². The molecule has 0 unspecified atom stereocenters. The van der Waals surface area contributed by atoms with E-state index in [4.69, 9.17) is 10.2 Å². The van der Waals surface area contributed by atoms with Gasteiger partial charge in [0.25, 0.3) is 0 Å². The van der Waals surface area contributed by atoms with E-state index in [0.717, 1.165) is 0 Å². The summed E-state index contributed by atoms with van der Waals surface area (Å²) < 4.78 is 0. The second kappa shape index (κ2) is 7.05. The number of carbonyl (C=O) groups is 2. The first-order chi connectivity index (χ1) is 7.40. The molecule has 0 bridgehead atoms. The van der Waals surface area contributed by atoms with Crippen LogP contribution in [0.1, 0.15) is 20.3 Å². The number of aliphatic hydroxyl groups is 1. The van der Waals surface area contributed by atoms with Gasteiger partial charge in [-0.2, -0.15) is 0 Å². The van der Waals surface area contributed by atoms with Gasteiger partial charge in [0.2, 0.25) is 0 Å². The molecular formula is C10H20N2O4. The van der Waals surface area contributed by atoms with Gasteiger partial charge < -0.3 is 20.0 Å². The van der Waals surface area contributed by atoms with E-state index >= 15 is 0 Å². The fraction of sp³-hybridized carbons (Fsp3) is 0.800. The highest BCUT2D eigenvalue weighted by molar-refractivity contribution is 5.75. The van der Waals surface area contributed by atoms with Crippen LogP contribution in [0.5, 0.6) is 0 Å². The van der Waals surface area contributed by atoms with Gasteiger partial charge in [-0.3, -0.25) is 4.79 Å². The molecule has 2 N–H and O–H groups in total. The van der Waals surface area contributed by atoms with E-state index in [1.165, 1.54) is 9.80 Å². The van der Waals surface area contributed by atoms with Crippen molar-refractivity contribution in [1.29, 1.82) is 0 Å². The summed E-state index contributed by atoms with van der Waals surface area (Å²) in [5.74, 6) is -0.928. The Morgan fingerprint density at radius 1 is 1.25 bits per heavy atom. The van der Waals surface area contributed by atoms with Crippen LogP contribution in [-0.4, -0.2) is 64.8 Å². The average molecular weight is 232 g/mol. The maximum Gasteiger partial charge on any atom is 0.320 e. The number of nitrogens with zero attached hydrogens (tertiary/aromatic N) is 2. The van der Waals surface area contributed by atoms with Crippen molar-refractivity contribution in [1.82, 2.24) is 9.80 Å². The highest BCUT2D eigenvalue weighted by Crippen LogP contribution is 2.04. The Morgan fingerprint density at radius 3 is 2.19 bits per heavy atom. The molecule has 0 aromatic rings. The Bertz CT molecular complexity index is 243. The minimum Gasteiger partial charge on any atom is -0.481 e. The third kappa shape index (κ3) is 4.97. The molecule has 0 aromatic carbocycles. The van der Waals surface area contributed by atoms with Gasteiger partial charge in [0.15, 0.2) is 0 Å². The Morgan fingerprint density at radius 2 is 1.81 bits per heavy atom. The van der Waals surface area contributed by atoms with E-state index in [2.05, 4.69) is 0 Å². The van der Waals surface area contributed by atoms with E-state index < -0.39 is 5.97 Å². The van der Waals surface area contributed by atoms with Gasteiger partial charge in [-0.05, 0) is 13.8 Å². The van der Waals surface area contributed by atoms with Gasteiger partial charge in [0.1, 0.15) is 0 Å². The average Bonchev–Trinajstić information content (AvgIpc) is 2.17. The second-order valence-corrected chi connectivity index (χ2v) is 3.86. The van der Waals surface area contributed by atoms with Crippen LogP contribution in [0.15, 0.2) is 0 Å². The molecule has 0 spiro atoms. The van der Waals surface area contributed by atoms with Crippen molar-refractivity contribution in [3.8, 4) is 0 Å². The van der Waals surface area contributed by atoms with Gasteiger partial charge in [-0.1, -0.05) is 0 Å². The van der Waals surface area contributed by atoms with E-state index in [-0.39, 0.29) is 38.2 Å². The third-order valence-corrected chi connectivity index (χ3v) is 2.20. The zero-order valence-corrected chi connectivity index (χ0v) is 10.0. The third-order valence-electron chi connectivity index (χ3n) is 2.20. The van der Waals surface area contributed by atoms with Crippen LogP contribution in [0.2, 0.25) is 0 Å². The van der Waals surface area contributed by atoms with Crippen LogP contribution in [-0.2, 0) is 4.79 Å². The lowest BCUT2D eigenvalue weighted by atomic mass is 10.3. The van der Waals surface area contributed by atoms with Crippen LogP contribution in [0, 0.1) is 0 Å². The lowest BCUT2D eigenvalue weighted by molar-refractivity contribution is -0.137. The standard InChI is InChI=1S/C10H20N2O4/c1-8(2)12(5-4-9(14)15)10(16)11(3)6-7-13/h8,13H,4-7H2,1-3H3,(H,14,15). The molecule has 0 aliphatic carbocycles. The summed E-state index contributed by atoms with van der Waals surface area (Å²) in [6, 6.07) is -0.321. The Hall–Kier alpha value is -1.30. The van der Waals surface area contributed by atoms with Gasteiger partial charge in [-0.15, -0.1) is 0 Å². The molecule has 0 aliphatic heterocycles. The number of rotatable bonds is 6. The summed E-state index contributed by atoms with van der Waals surface area (Å²) in [5.41, 5.74) is 0. The van der Waals surface area contributed by atoms with Crippen molar-refractivity contribution >= 4 is 12.0 Å². The predicted molar refractivity (Wildman–Crippen MR) is 59.2 cm³/mol. The van der Waals surface area contributed by atoms with Gasteiger partial charge in [-0.25, -0.2) is 4.79 Å². The minimum absolute atomic E-state index is 0.0620. The molecule has 0 saturated carbocycles. The smallest absolute Gasteiger partial charge is 0.320 e. The SMILES string of the molecule is CC(C)N(CCC(=O)O)C(=O)N(C)CCO. The number of hydrogen-bond acceptors (Lipinski definition) is 3. The van der Waals surface area contributed by atoms with E-state index in [0.29, 0.717) is 0 Å². The summed E-state index contributed by atoms with van der Waals surface area (Å²) in [4.78, 5) is 25.1. The van der Waals surface area contributed by atoms with E-state index in [9.17, 15) is 9.59 Å². The van der Waals surface area contributed by atoms with Crippen LogP contribution in [0.4, 0.5) is 4.79 Å². The number of urea groups is 1. The quantitative estimate of drug-likeness (QED) is 0.686. The molecule has 0 rings (SSSR count). The Labute approximate surface area is 95.5 Å². The maximum atomic E-state index is 11.8. The van der Waals surface area contributed by atoms with Gasteiger partial charge >= 0.3 is 12.0 Å². The molecule has 2 amide bonds. The summed E-state index contributed by atoms with van der Waals surface area (Å²) >= 11 is 0. The first-order valence-electron chi connectivity index (χ1n) is 5.24. The fourth-order valence-electron chi connectivity index (χ4n) is 1.26. The summed E-state index contributed by atoms with van der Waals surface area (Å²) in [7, 11) is 1.58. The Kier molecular flexibility index (Phi) is 6.48. The topological polar surface area (TPSA) is 81.1 Å². The van der Waals surface area contributed by atoms with Crippen molar-refractivity contribution in [3.05, 3.63) is 0 Å². The zero-order valence-electron chi connectivity index (χ0n) is 10.0. The number of aliphatic carboxylic acids is 1. The van der Waals surface area contributed by atoms with E-state index in [1.807, 2.05) is 13.8 Å². The maximum absolute atomic E-state index is 11.8. The minimum atomic E-state index is -0.928. The molecule has 6 heteroatoms. The lowest BCUT2D eigenvalue weighted by Gasteiger charge is -2.30. The number of amides is 2. The normalized spacial score (nSPS) is 10.3. The van der Waals surface area contributed by atoms with Crippen molar-refractivity contribution in [3.63, 3.8) is 0 Å². The molecule has 0 aliphatic rings. The van der Waals surface area contributed by atoms with Crippen molar-refractivity contribution in [2.24, 2.45) is 0 Å². The zero-order chi connectivity index (χ0) is 12.7. The molecule has 0 fully saturated rings. The van der Waals surface area contributed by atoms with Crippen LogP contribution < -0.4 is 0 Å². The Balaban J connectivity index is 4.40. The number of hydrogen-bond donors (Lipinski definition) is 2. The molecule has 0 radical (unpaired) electrons. The first kappa shape index (κ1) is 14.7. The van der Waals surface area contributed by atoms with Crippen LogP contribution in [0.25, 0.3) is 0 Å². The summed E-state index contributed by atoms with van der Waals surface area (Å²) in [5, 5.41) is 17.3. The number of aliphatic hydroxyl groups excluding tert-OH is 1. The summed E-state index contributed by atoms with van der Waals surface area (Å²) in [6.07, 6.45) is -0.0725. The fourth-order valence-corrected chi connectivity index (χ4v) is 1.26. The second-order valence-electron chi connectivity index (χ2n) is 3.86. The number of carboxylic acids is 1. The molecule has 0 heterocycles. The van der Waals surface area contributed by atoms with Crippen molar-refractivity contribution < 1.29 is 19.8 Å². The largest absolute Gasteiger partial charge is 0.481 e. The molecule has 94 valence electrons. The molecule has 0 saturated heterocycles. The molecule has 6 nitrogen and oxygen atoms in total. The van der Waals surface area contributed by atoms with E-state index in [1.54, 1.807) is 7.05 Å². The number of carbonyl (C=O) groups excluding carboxylic acids is 1. The van der Waals surface area contributed by atoms with Crippen LogP contribution >= 0.6 is 0 Å². The summed E-state index contributed by atoms with van der Waals surface area (Å²) in [6.45, 7) is 3.98. The molecule has 0 aromatic heterocycles. The number of carboxylic acid groups (broad SMARTS) is 1. The molecular weight excluding hydrogens is 212 g/mol.